The standard InChI is InChI=1S/C16H21N3O2S/c1-16(2,3)13(20)9-18-14(21)7-12-10-22-15(19-12)11-5-4-6-17-8-11/h4-6,8,10,13,20H,7,9H2,1-3H3,(H,18,21). The first-order valence-electron chi connectivity index (χ1n) is 7.16. The van der Waals surface area contributed by atoms with E-state index < -0.39 is 6.10 Å². The summed E-state index contributed by atoms with van der Waals surface area (Å²) in [4.78, 5) is 20.4. The maximum absolute atomic E-state index is 11.9. The number of aliphatic hydroxyl groups is 1. The zero-order valence-corrected chi connectivity index (χ0v) is 13.9. The number of aromatic nitrogens is 2. The maximum atomic E-state index is 11.9. The molecule has 118 valence electrons. The van der Waals surface area contributed by atoms with Crippen LogP contribution in [0.5, 0.6) is 0 Å². The quantitative estimate of drug-likeness (QED) is 0.886. The highest BCUT2D eigenvalue weighted by Crippen LogP contribution is 2.23. The molecule has 22 heavy (non-hydrogen) atoms. The van der Waals surface area contributed by atoms with E-state index in [1.165, 1.54) is 11.3 Å². The lowest BCUT2D eigenvalue weighted by Gasteiger charge is -2.25. The number of thiazole rings is 1. The molecule has 1 atom stereocenters. The van der Waals surface area contributed by atoms with Crippen LogP contribution in [0.2, 0.25) is 0 Å². The van der Waals surface area contributed by atoms with Crippen molar-refractivity contribution < 1.29 is 9.90 Å². The zero-order valence-electron chi connectivity index (χ0n) is 13.0. The lowest BCUT2D eigenvalue weighted by molar-refractivity contribution is -0.121. The summed E-state index contributed by atoms with van der Waals surface area (Å²) in [5.74, 6) is -0.133. The molecule has 1 unspecified atom stereocenters. The number of pyridine rings is 1. The first kappa shape index (κ1) is 16.6. The number of carbonyl (C=O) groups is 1. The molecule has 1 amide bonds. The Hall–Kier alpha value is -1.79. The molecule has 5 nitrogen and oxygen atoms in total. The molecule has 0 radical (unpaired) electrons. The van der Waals surface area contributed by atoms with Crippen LogP contribution in [0.15, 0.2) is 29.9 Å². The van der Waals surface area contributed by atoms with Crippen molar-refractivity contribution in [3.8, 4) is 10.6 Å². The Kier molecular flexibility index (Phi) is 5.26. The Labute approximate surface area is 134 Å². The molecule has 0 aromatic carbocycles. The first-order valence-corrected chi connectivity index (χ1v) is 8.04. The van der Waals surface area contributed by atoms with E-state index in [1.54, 1.807) is 12.4 Å². The molecule has 0 aliphatic carbocycles. The third-order valence-electron chi connectivity index (χ3n) is 3.29. The lowest BCUT2D eigenvalue weighted by atomic mass is 9.89. The molecule has 2 aromatic rings. The van der Waals surface area contributed by atoms with E-state index in [1.807, 2.05) is 38.3 Å². The predicted molar refractivity (Wildman–Crippen MR) is 87.5 cm³/mol. The molecule has 0 fully saturated rings. The Morgan fingerprint density at radius 3 is 2.86 bits per heavy atom. The van der Waals surface area contributed by atoms with E-state index in [-0.39, 0.29) is 24.3 Å². The monoisotopic (exact) mass is 319 g/mol. The van der Waals surface area contributed by atoms with Crippen LogP contribution in [0.1, 0.15) is 26.5 Å². The number of carbonyl (C=O) groups excluding carboxylic acids is 1. The molecule has 2 N–H and O–H groups in total. The topological polar surface area (TPSA) is 75.1 Å². The van der Waals surface area contributed by atoms with E-state index >= 15 is 0 Å². The summed E-state index contributed by atoms with van der Waals surface area (Å²) >= 11 is 1.49. The average Bonchev–Trinajstić information content (AvgIpc) is 2.93. The smallest absolute Gasteiger partial charge is 0.226 e. The number of hydrogen-bond acceptors (Lipinski definition) is 5. The van der Waals surface area contributed by atoms with E-state index in [4.69, 9.17) is 0 Å². The molecular weight excluding hydrogens is 298 g/mol. The highest BCUT2D eigenvalue weighted by Gasteiger charge is 2.22. The van der Waals surface area contributed by atoms with Crippen molar-refractivity contribution in [2.45, 2.75) is 33.3 Å². The van der Waals surface area contributed by atoms with Crippen LogP contribution in [0.3, 0.4) is 0 Å². The minimum atomic E-state index is -0.571. The van der Waals surface area contributed by atoms with E-state index in [2.05, 4.69) is 15.3 Å². The Morgan fingerprint density at radius 2 is 2.23 bits per heavy atom. The molecular formula is C16H21N3O2S. The minimum Gasteiger partial charge on any atom is -0.391 e. The van der Waals surface area contributed by atoms with E-state index in [9.17, 15) is 9.90 Å². The normalized spacial score (nSPS) is 12.9. The molecule has 0 aliphatic heterocycles. The Morgan fingerprint density at radius 1 is 1.45 bits per heavy atom. The Balaban J connectivity index is 1.89. The van der Waals surface area contributed by atoms with Gasteiger partial charge in [0, 0.05) is 29.9 Å². The van der Waals surface area contributed by atoms with Gasteiger partial charge in [0.15, 0.2) is 0 Å². The van der Waals surface area contributed by atoms with Gasteiger partial charge in [-0.1, -0.05) is 20.8 Å². The van der Waals surface area contributed by atoms with Gasteiger partial charge in [0.2, 0.25) is 5.91 Å². The molecule has 0 saturated heterocycles. The molecule has 0 aliphatic rings. The summed E-state index contributed by atoms with van der Waals surface area (Å²) in [6.45, 7) is 6.06. The molecule has 0 saturated carbocycles. The second-order valence-electron chi connectivity index (χ2n) is 6.25. The first-order chi connectivity index (χ1) is 10.4. The van der Waals surface area contributed by atoms with Crippen LogP contribution in [0, 0.1) is 5.41 Å². The fourth-order valence-electron chi connectivity index (χ4n) is 1.75. The van der Waals surface area contributed by atoms with Gasteiger partial charge in [-0.25, -0.2) is 4.98 Å². The van der Waals surface area contributed by atoms with Gasteiger partial charge < -0.3 is 10.4 Å². The molecule has 0 spiro atoms. The van der Waals surface area contributed by atoms with Gasteiger partial charge in [0.25, 0.3) is 0 Å². The van der Waals surface area contributed by atoms with Crippen LogP contribution >= 0.6 is 11.3 Å². The van der Waals surface area contributed by atoms with Crippen molar-refractivity contribution in [3.63, 3.8) is 0 Å². The predicted octanol–water partition coefficient (Wildman–Crippen LogP) is 2.27. The second-order valence-corrected chi connectivity index (χ2v) is 7.11. The van der Waals surface area contributed by atoms with Gasteiger partial charge in [0.05, 0.1) is 18.2 Å². The van der Waals surface area contributed by atoms with Crippen LogP contribution in [0.25, 0.3) is 10.6 Å². The Bertz CT molecular complexity index is 620. The molecule has 2 aromatic heterocycles. The SMILES string of the molecule is CC(C)(C)C(O)CNC(=O)Cc1csc(-c2cccnc2)n1. The fraction of sp³-hybridized carbons (Fsp3) is 0.438. The van der Waals surface area contributed by atoms with E-state index in [0.29, 0.717) is 0 Å². The van der Waals surface area contributed by atoms with Gasteiger partial charge in [-0.15, -0.1) is 11.3 Å². The van der Waals surface area contributed by atoms with Crippen molar-refractivity contribution in [2.75, 3.05) is 6.54 Å². The van der Waals surface area contributed by atoms with Gasteiger partial charge in [-0.3, -0.25) is 9.78 Å². The molecule has 2 rings (SSSR count). The van der Waals surface area contributed by atoms with Crippen molar-refractivity contribution in [1.82, 2.24) is 15.3 Å². The third kappa shape index (κ3) is 4.61. The number of nitrogens with one attached hydrogen (secondary N) is 1. The van der Waals surface area contributed by atoms with Gasteiger partial charge >= 0.3 is 0 Å². The highest BCUT2D eigenvalue weighted by molar-refractivity contribution is 7.13. The van der Waals surface area contributed by atoms with Crippen LogP contribution < -0.4 is 5.32 Å². The van der Waals surface area contributed by atoms with Crippen molar-refractivity contribution >= 4 is 17.2 Å². The summed E-state index contributed by atoms with van der Waals surface area (Å²) in [6, 6.07) is 3.80. The van der Waals surface area contributed by atoms with Gasteiger partial charge in [0.1, 0.15) is 5.01 Å². The highest BCUT2D eigenvalue weighted by atomic mass is 32.1. The van der Waals surface area contributed by atoms with Crippen molar-refractivity contribution in [3.05, 3.63) is 35.6 Å². The number of aliphatic hydroxyl groups excluding tert-OH is 1. The minimum absolute atomic E-state index is 0.133. The molecule has 6 heteroatoms. The molecule has 2 heterocycles. The molecule has 0 bridgehead atoms. The lowest BCUT2D eigenvalue weighted by Crippen LogP contribution is -2.39. The van der Waals surface area contributed by atoms with Crippen LogP contribution in [-0.4, -0.2) is 33.6 Å². The summed E-state index contributed by atoms with van der Waals surface area (Å²) in [6.07, 6.45) is 3.11. The van der Waals surface area contributed by atoms with Gasteiger partial charge in [-0.05, 0) is 17.5 Å². The number of nitrogens with zero attached hydrogens (tertiary/aromatic N) is 2. The fourth-order valence-corrected chi connectivity index (χ4v) is 2.56. The number of hydrogen-bond donors (Lipinski definition) is 2. The zero-order chi connectivity index (χ0) is 16.2. The van der Waals surface area contributed by atoms with Gasteiger partial charge in [-0.2, -0.15) is 0 Å². The number of amides is 1. The summed E-state index contributed by atoms with van der Waals surface area (Å²) in [5, 5.41) is 15.4. The summed E-state index contributed by atoms with van der Waals surface area (Å²) in [5.41, 5.74) is 1.43. The second kappa shape index (κ2) is 6.98. The summed E-state index contributed by atoms with van der Waals surface area (Å²) < 4.78 is 0. The van der Waals surface area contributed by atoms with Crippen LogP contribution in [-0.2, 0) is 11.2 Å². The van der Waals surface area contributed by atoms with Crippen LogP contribution in [0.4, 0.5) is 0 Å². The van der Waals surface area contributed by atoms with Crippen molar-refractivity contribution in [2.24, 2.45) is 5.41 Å². The van der Waals surface area contributed by atoms with E-state index in [0.717, 1.165) is 16.3 Å². The van der Waals surface area contributed by atoms with Crippen molar-refractivity contribution in [1.29, 1.82) is 0 Å². The summed E-state index contributed by atoms with van der Waals surface area (Å²) in [7, 11) is 0. The average molecular weight is 319 g/mol. The third-order valence-corrected chi connectivity index (χ3v) is 4.23. The maximum Gasteiger partial charge on any atom is 0.226 e. The number of rotatable bonds is 5. The largest absolute Gasteiger partial charge is 0.391 e.